The molecule has 168 valence electrons. The van der Waals surface area contributed by atoms with Crippen LogP contribution >= 0.6 is 0 Å². The summed E-state index contributed by atoms with van der Waals surface area (Å²) in [5.41, 5.74) is -3.21. The van der Waals surface area contributed by atoms with Gasteiger partial charge in [-0.25, -0.2) is 8.78 Å². The zero-order chi connectivity index (χ0) is 21.8. The van der Waals surface area contributed by atoms with Gasteiger partial charge < -0.3 is 14.2 Å². The Kier molecular flexibility index (Phi) is 5.88. The lowest BCUT2D eigenvalue weighted by atomic mass is 9.81. The number of rotatable bonds is 6. The highest BCUT2D eigenvalue weighted by Crippen LogP contribution is 2.52. The lowest BCUT2D eigenvalue weighted by Crippen LogP contribution is -2.55. The second kappa shape index (κ2) is 7.55. The summed E-state index contributed by atoms with van der Waals surface area (Å²) in [5.74, 6) is -6.31. The lowest BCUT2D eigenvalue weighted by Gasteiger charge is -2.45. The Balaban J connectivity index is 1.72. The van der Waals surface area contributed by atoms with Gasteiger partial charge in [-0.3, -0.25) is 4.79 Å². The summed E-state index contributed by atoms with van der Waals surface area (Å²) in [6.45, 7) is -0.111. The second-order valence-corrected chi connectivity index (χ2v) is 8.45. The number of halogens is 7. The van der Waals surface area contributed by atoms with E-state index >= 15 is 0 Å². The van der Waals surface area contributed by atoms with Gasteiger partial charge in [0.2, 0.25) is 0 Å². The van der Waals surface area contributed by atoms with E-state index in [4.69, 9.17) is 9.47 Å². The van der Waals surface area contributed by atoms with Gasteiger partial charge >= 0.3 is 24.5 Å². The Morgan fingerprint density at radius 1 is 1.07 bits per heavy atom. The summed E-state index contributed by atoms with van der Waals surface area (Å²) in [6, 6.07) is 0. The number of carbonyl (C=O) groups is 1. The number of carbonyl (C=O) groups excluding carboxylic acids is 1. The van der Waals surface area contributed by atoms with Gasteiger partial charge in [0.1, 0.15) is 0 Å². The van der Waals surface area contributed by atoms with E-state index in [2.05, 4.69) is 4.74 Å². The van der Waals surface area contributed by atoms with Crippen LogP contribution in [0.4, 0.5) is 30.7 Å². The quantitative estimate of drug-likeness (QED) is 0.459. The van der Waals surface area contributed by atoms with Crippen molar-refractivity contribution in [2.45, 2.75) is 82.5 Å². The normalized spacial score (nSPS) is 36.8. The molecular weight excluding hydrogens is 413 g/mol. The zero-order valence-electron chi connectivity index (χ0n) is 15.9. The summed E-state index contributed by atoms with van der Waals surface area (Å²) in [5, 5.41) is 0. The zero-order valence-corrected chi connectivity index (χ0v) is 15.9. The minimum Gasteiger partial charge on any atom is -0.458 e. The molecule has 3 fully saturated rings. The van der Waals surface area contributed by atoms with Gasteiger partial charge in [0.05, 0.1) is 24.4 Å². The number of esters is 1. The van der Waals surface area contributed by atoms with E-state index in [-0.39, 0.29) is 18.1 Å². The predicted molar refractivity (Wildman–Crippen MR) is 84.5 cm³/mol. The molecule has 3 rings (SSSR count). The molecule has 0 aromatic carbocycles. The number of alkyl halides is 7. The topological polar surface area (TPSA) is 44.8 Å². The van der Waals surface area contributed by atoms with Crippen LogP contribution in [0.25, 0.3) is 0 Å². The highest BCUT2D eigenvalue weighted by atomic mass is 19.4. The minimum atomic E-state index is -5.17. The Bertz CT molecular complexity index is 626. The van der Waals surface area contributed by atoms with E-state index in [1.807, 2.05) is 0 Å². The van der Waals surface area contributed by atoms with E-state index in [0.717, 1.165) is 19.3 Å². The van der Waals surface area contributed by atoms with E-state index < -0.39 is 55.1 Å². The molecule has 11 heteroatoms. The highest BCUT2D eigenvalue weighted by molar-refractivity contribution is 5.77. The third-order valence-corrected chi connectivity index (χ3v) is 6.39. The van der Waals surface area contributed by atoms with Gasteiger partial charge in [-0.2, -0.15) is 22.0 Å². The molecule has 29 heavy (non-hydrogen) atoms. The SMILES string of the molecule is CC1OC2C3CCC(C3)C2OC1CC(C)(C(=O)OCC(F)(F)C(F)F)C(F)(F)F. The van der Waals surface area contributed by atoms with Gasteiger partial charge in [0.25, 0.3) is 0 Å². The molecule has 3 aliphatic rings. The van der Waals surface area contributed by atoms with Gasteiger partial charge in [0.15, 0.2) is 12.0 Å². The summed E-state index contributed by atoms with van der Waals surface area (Å²) >= 11 is 0. The molecule has 0 amide bonds. The van der Waals surface area contributed by atoms with Crippen LogP contribution in [0.5, 0.6) is 0 Å². The van der Waals surface area contributed by atoms with Crippen molar-refractivity contribution in [3.63, 3.8) is 0 Å². The van der Waals surface area contributed by atoms with Crippen molar-refractivity contribution in [3.05, 3.63) is 0 Å². The number of hydrogen-bond donors (Lipinski definition) is 0. The smallest absolute Gasteiger partial charge is 0.404 e. The maximum absolute atomic E-state index is 13.7. The van der Waals surface area contributed by atoms with Crippen molar-refractivity contribution in [1.82, 2.24) is 0 Å². The van der Waals surface area contributed by atoms with Gasteiger partial charge in [0, 0.05) is 6.42 Å². The molecule has 1 saturated heterocycles. The molecule has 4 nitrogen and oxygen atoms in total. The van der Waals surface area contributed by atoms with Crippen LogP contribution < -0.4 is 0 Å². The van der Waals surface area contributed by atoms with Crippen molar-refractivity contribution in [3.8, 4) is 0 Å². The molecule has 2 saturated carbocycles. The summed E-state index contributed by atoms with van der Waals surface area (Å²) in [4.78, 5) is 12.1. The van der Waals surface area contributed by atoms with Gasteiger partial charge in [-0.05, 0) is 44.9 Å². The summed E-state index contributed by atoms with van der Waals surface area (Å²) < 4.78 is 107. The van der Waals surface area contributed by atoms with Crippen LogP contribution in [0.3, 0.4) is 0 Å². The molecule has 7 atom stereocenters. The van der Waals surface area contributed by atoms with Crippen LogP contribution in [0.2, 0.25) is 0 Å². The van der Waals surface area contributed by atoms with Crippen molar-refractivity contribution < 1.29 is 49.7 Å². The first-order valence-electron chi connectivity index (χ1n) is 9.47. The first-order valence-corrected chi connectivity index (χ1v) is 9.47. The van der Waals surface area contributed by atoms with E-state index in [1.54, 1.807) is 0 Å². The third-order valence-electron chi connectivity index (χ3n) is 6.39. The fraction of sp³-hybridized carbons (Fsp3) is 0.944. The van der Waals surface area contributed by atoms with Crippen molar-refractivity contribution in [2.75, 3.05) is 6.61 Å². The van der Waals surface area contributed by atoms with Crippen molar-refractivity contribution >= 4 is 5.97 Å². The largest absolute Gasteiger partial charge is 0.458 e. The monoisotopic (exact) mass is 436 g/mol. The first-order chi connectivity index (χ1) is 13.3. The molecular formula is C18H23F7O4. The molecule has 1 aliphatic heterocycles. The van der Waals surface area contributed by atoms with Crippen LogP contribution in [0.1, 0.15) is 39.5 Å². The lowest BCUT2D eigenvalue weighted by molar-refractivity contribution is -0.269. The third kappa shape index (κ3) is 4.08. The standard InChI is InChI=1S/C18H23F7O4/c1-8-11(29-13-10-4-3-9(5-10)12(13)28-8)6-16(2,18(23,24)25)15(26)27-7-17(21,22)14(19)20/h8-14H,3-7H2,1-2H3. The molecule has 0 aromatic rings. The molecule has 0 radical (unpaired) electrons. The molecule has 0 aromatic heterocycles. The number of hydrogen-bond acceptors (Lipinski definition) is 4. The maximum Gasteiger partial charge on any atom is 0.404 e. The summed E-state index contributed by atoms with van der Waals surface area (Å²) in [6.07, 6.45) is -9.97. The van der Waals surface area contributed by atoms with Crippen molar-refractivity contribution in [2.24, 2.45) is 17.3 Å². The first kappa shape index (κ1) is 22.6. The number of fused-ring (bicyclic) bond motifs is 5. The molecule has 0 spiro atoms. The van der Waals surface area contributed by atoms with Crippen LogP contribution in [0, 0.1) is 17.3 Å². The molecule has 0 N–H and O–H groups in total. The van der Waals surface area contributed by atoms with Gasteiger partial charge in [-0.15, -0.1) is 0 Å². The Morgan fingerprint density at radius 3 is 2.14 bits per heavy atom. The average Bonchev–Trinajstić information content (AvgIpc) is 3.21. The average molecular weight is 436 g/mol. The molecule has 1 heterocycles. The van der Waals surface area contributed by atoms with Crippen LogP contribution in [0.15, 0.2) is 0 Å². The minimum absolute atomic E-state index is 0.175. The van der Waals surface area contributed by atoms with E-state index in [1.165, 1.54) is 6.92 Å². The van der Waals surface area contributed by atoms with Gasteiger partial charge in [-0.1, -0.05) is 0 Å². The highest BCUT2D eigenvalue weighted by Gasteiger charge is 2.62. The summed E-state index contributed by atoms with van der Waals surface area (Å²) in [7, 11) is 0. The fourth-order valence-corrected chi connectivity index (χ4v) is 4.53. The molecule has 2 bridgehead atoms. The Hall–Kier alpha value is -1.10. The second-order valence-electron chi connectivity index (χ2n) is 8.45. The fourth-order valence-electron chi connectivity index (χ4n) is 4.53. The van der Waals surface area contributed by atoms with Crippen LogP contribution in [-0.2, 0) is 19.0 Å². The molecule has 2 aliphatic carbocycles. The van der Waals surface area contributed by atoms with E-state index in [0.29, 0.717) is 12.8 Å². The Labute approximate surface area is 163 Å². The maximum atomic E-state index is 13.7. The van der Waals surface area contributed by atoms with Crippen molar-refractivity contribution in [1.29, 1.82) is 0 Å². The number of ether oxygens (including phenoxy) is 3. The Morgan fingerprint density at radius 2 is 1.62 bits per heavy atom. The van der Waals surface area contributed by atoms with Crippen LogP contribution in [-0.4, -0.2) is 55.5 Å². The van der Waals surface area contributed by atoms with E-state index in [9.17, 15) is 35.5 Å². The predicted octanol–water partition coefficient (Wildman–Crippen LogP) is 4.36. The molecule has 7 unspecified atom stereocenters.